The van der Waals surface area contributed by atoms with Crippen molar-refractivity contribution in [1.29, 1.82) is 0 Å². The monoisotopic (exact) mass is 610 g/mol. The summed E-state index contributed by atoms with van der Waals surface area (Å²) in [6.45, 7) is 27.5. The summed E-state index contributed by atoms with van der Waals surface area (Å²) in [6.07, 6.45) is 6.62. The molecule has 0 radical (unpaired) electrons. The van der Waals surface area contributed by atoms with Gasteiger partial charge in [0.1, 0.15) is 6.33 Å². The van der Waals surface area contributed by atoms with E-state index in [0.717, 1.165) is 51.7 Å². The average molecular weight is 611 g/mol. The van der Waals surface area contributed by atoms with Crippen LogP contribution < -0.4 is 31.1 Å². The maximum atomic E-state index is 4.97. The zero-order valence-electron chi connectivity index (χ0n) is 29.2. The molecule has 2 aromatic rings. The van der Waals surface area contributed by atoms with Gasteiger partial charge in [0.2, 0.25) is 23.8 Å². The highest BCUT2D eigenvalue weighted by Crippen LogP contribution is 2.34. The van der Waals surface area contributed by atoms with E-state index < -0.39 is 0 Å². The number of hydrogen-bond acceptors (Lipinski definition) is 12. The Morgan fingerprint density at radius 1 is 0.659 bits per heavy atom. The topological polar surface area (TPSA) is 132 Å². The van der Waals surface area contributed by atoms with Gasteiger partial charge in [-0.3, -0.25) is 0 Å². The van der Waals surface area contributed by atoms with Crippen LogP contribution in [0.2, 0.25) is 0 Å². The summed E-state index contributed by atoms with van der Waals surface area (Å²) in [4.78, 5) is 33.2. The van der Waals surface area contributed by atoms with E-state index >= 15 is 0 Å². The van der Waals surface area contributed by atoms with E-state index in [0.29, 0.717) is 48.2 Å². The molecule has 0 aliphatic carbocycles. The predicted molar refractivity (Wildman–Crippen MR) is 180 cm³/mol. The third kappa shape index (κ3) is 8.87. The summed E-state index contributed by atoms with van der Waals surface area (Å²) in [6, 6.07) is 0.634. The molecule has 0 saturated carbocycles. The molecule has 2 saturated heterocycles. The second kappa shape index (κ2) is 13.2. The number of anilines is 4. The first-order valence-corrected chi connectivity index (χ1v) is 16.6. The first-order chi connectivity index (χ1) is 20.5. The van der Waals surface area contributed by atoms with Crippen molar-refractivity contribution in [2.75, 3.05) is 40.1 Å². The molecule has 12 nitrogen and oxygen atoms in total. The molecular formula is C32H58N12. The molecule has 2 aromatic heterocycles. The van der Waals surface area contributed by atoms with Crippen molar-refractivity contribution in [1.82, 2.24) is 40.5 Å². The summed E-state index contributed by atoms with van der Waals surface area (Å²) in [7, 11) is 0. The Labute approximate surface area is 265 Å². The van der Waals surface area contributed by atoms with Crippen molar-refractivity contribution < 1.29 is 0 Å². The van der Waals surface area contributed by atoms with Crippen LogP contribution in [0, 0.1) is 0 Å². The molecular weight excluding hydrogens is 552 g/mol. The number of nitrogens with zero attached hydrogens (tertiary/aromatic N) is 8. The van der Waals surface area contributed by atoms with Gasteiger partial charge in [0.05, 0.1) is 6.54 Å². The average Bonchev–Trinajstić information content (AvgIpc) is 2.88. The maximum Gasteiger partial charge on any atom is 0.230 e. The SMILES string of the molecule is CCCNc1nc(CNc2ncnc(N(CC)C3CC(C)(C)NC(C)(C)C3)n2)nc(N(CC)C2CC(C)(C)NC(C)(C)C2)n1. The van der Waals surface area contributed by atoms with E-state index in [9.17, 15) is 0 Å². The van der Waals surface area contributed by atoms with Crippen LogP contribution in [0.3, 0.4) is 0 Å². The van der Waals surface area contributed by atoms with Crippen LogP contribution in [0.15, 0.2) is 6.33 Å². The lowest BCUT2D eigenvalue weighted by atomic mass is 9.79. The van der Waals surface area contributed by atoms with Crippen LogP contribution in [0.25, 0.3) is 0 Å². The number of rotatable bonds is 12. The molecule has 2 aliphatic heterocycles. The molecule has 0 unspecified atom stereocenters. The minimum Gasteiger partial charge on any atom is -0.354 e. The van der Waals surface area contributed by atoms with Gasteiger partial charge in [-0.1, -0.05) is 6.92 Å². The van der Waals surface area contributed by atoms with E-state index in [4.69, 9.17) is 19.9 Å². The fraction of sp³-hybridized carbons (Fsp3) is 0.812. The van der Waals surface area contributed by atoms with Gasteiger partial charge in [0.25, 0.3) is 0 Å². The lowest BCUT2D eigenvalue weighted by molar-refractivity contribution is 0.158. The van der Waals surface area contributed by atoms with Crippen molar-refractivity contribution >= 4 is 23.8 Å². The van der Waals surface area contributed by atoms with E-state index in [-0.39, 0.29) is 22.2 Å². The number of aromatic nitrogens is 6. The third-order valence-electron chi connectivity index (χ3n) is 8.58. The molecule has 2 aliphatic rings. The molecule has 0 bridgehead atoms. The third-order valence-corrected chi connectivity index (χ3v) is 8.58. The van der Waals surface area contributed by atoms with Crippen molar-refractivity contribution in [3.8, 4) is 0 Å². The molecule has 4 rings (SSSR count). The van der Waals surface area contributed by atoms with Crippen LogP contribution in [-0.2, 0) is 6.54 Å². The van der Waals surface area contributed by atoms with Gasteiger partial charge in [0, 0.05) is 53.9 Å². The number of nitrogens with one attached hydrogen (secondary N) is 4. The molecule has 0 amide bonds. The van der Waals surface area contributed by atoms with Gasteiger partial charge in [-0.15, -0.1) is 0 Å². The Bertz CT molecular complexity index is 1210. The van der Waals surface area contributed by atoms with Crippen LogP contribution in [0.5, 0.6) is 0 Å². The standard InChI is InChI=1S/C32H58N12/c1-12-15-33-26-37-24(38-28(40-26)44(14-3)23-18-31(8,9)42-32(10,11)19-23)20-34-25-35-21-36-27(39-25)43(13-2)22-16-29(4,5)41-30(6,7)17-22/h21-23,41-42H,12-20H2,1-11H3,(H,33,37,38,40)(H,34,35,36,39). The highest BCUT2D eigenvalue weighted by atomic mass is 15.3. The summed E-state index contributed by atoms with van der Waals surface area (Å²) < 4.78 is 0. The predicted octanol–water partition coefficient (Wildman–Crippen LogP) is 4.76. The largest absolute Gasteiger partial charge is 0.354 e. The Morgan fingerprint density at radius 2 is 1.16 bits per heavy atom. The molecule has 4 N–H and O–H groups in total. The lowest BCUT2D eigenvalue weighted by Crippen LogP contribution is -2.62. The summed E-state index contributed by atoms with van der Waals surface area (Å²) in [5.41, 5.74) is 0.0889. The van der Waals surface area contributed by atoms with Gasteiger partial charge in [-0.05, 0) is 101 Å². The smallest absolute Gasteiger partial charge is 0.230 e. The molecule has 0 aromatic carbocycles. The Balaban J connectivity index is 1.56. The molecule has 246 valence electrons. The van der Waals surface area contributed by atoms with Crippen LogP contribution in [0.1, 0.15) is 114 Å². The van der Waals surface area contributed by atoms with Crippen LogP contribution >= 0.6 is 0 Å². The Morgan fingerprint density at radius 3 is 1.66 bits per heavy atom. The lowest BCUT2D eigenvalue weighted by Gasteiger charge is -2.49. The highest BCUT2D eigenvalue weighted by molar-refractivity contribution is 5.41. The molecule has 0 atom stereocenters. The van der Waals surface area contributed by atoms with Crippen molar-refractivity contribution in [2.24, 2.45) is 0 Å². The van der Waals surface area contributed by atoms with Gasteiger partial charge in [0.15, 0.2) is 5.82 Å². The van der Waals surface area contributed by atoms with Gasteiger partial charge in [-0.25, -0.2) is 9.97 Å². The van der Waals surface area contributed by atoms with Gasteiger partial charge < -0.3 is 31.1 Å². The second-order valence-corrected chi connectivity index (χ2v) is 15.2. The first kappa shape index (κ1) is 34.0. The normalized spacial score (nSPS) is 21.1. The van der Waals surface area contributed by atoms with E-state index in [2.05, 4.69) is 117 Å². The van der Waals surface area contributed by atoms with Gasteiger partial charge in [-0.2, -0.15) is 19.9 Å². The minimum atomic E-state index is 0.0168. The fourth-order valence-electron chi connectivity index (χ4n) is 7.70. The molecule has 44 heavy (non-hydrogen) atoms. The summed E-state index contributed by atoms with van der Waals surface area (Å²) >= 11 is 0. The highest BCUT2D eigenvalue weighted by Gasteiger charge is 2.41. The van der Waals surface area contributed by atoms with Crippen molar-refractivity contribution in [2.45, 2.75) is 149 Å². The zero-order valence-corrected chi connectivity index (χ0v) is 29.2. The number of hydrogen-bond donors (Lipinski definition) is 4. The summed E-state index contributed by atoms with van der Waals surface area (Å²) in [5, 5.41) is 14.3. The molecule has 0 spiro atoms. The quantitative estimate of drug-likeness (QED) is 0.264. The zero-order chi connectivity index (χ0) is 32.3. The Hall–Kier alpha value is -2.86. The van der Waals surface area contributed by atoms with E-state index in [1.807, 2.05) is 0 Å². The fourth-order valence-corrected chi connectivity index (χ4v) is 7.70. The molecule has 4 heterocycles. The Kier molecular flexibility index (Phi) is 10.2. The minimum absolute atomic E-state index is 0.0168. The van der Waals surface area contributed by atoms with E-state index in [1.54, 1.807) is 6.33 Å². The van der Waals surface area contributed by atoms with E-state index in [1.165, 1.54) is 0 Å². The molecule has 2 fully saturated rings. The van der Waals surface area contributed by atoms with Crippen LogP contribution in [0.4, 0.5) is 23.8 Å². The number of piperidine rings is 2. The first-order valence-electron chi connectivity index (χ1n) is 16.6. The second-order valence-electron chi connectivity index (χ2n) is 15.2. The van der Waals surface area contributed by atoms with Crippen molar-refractivity contribution in [3.63, 3.8) is 0 Å². The summed E-state index contributed by atoms with van der Waals surface area (Å²) in [5.74, 6) is 3.17. The molecule has 12 heteroatoms. The van der Waals surface area contributed by atoms with Crippen molar-refractivity contribution in [3.05, 3.63) is 12.2 Å². The van der Waals surface area contributed by atoms with Gasteiger partial charge >= 0.3 is 0 Å². The maximum absolute atomic E-state index is 4.97. The van der Waals surface area contributed by atoms with Crippen LogP contribution in [-0.4, -0.2) is 83.8 Å².